The van der Waals surface area contributed by atoms with Gasteiger partial charge in [0, 0.05) is 11.1 Å². The molecule has 2 amide bonds. The Morgan fingerprint density at radius 1 is 1.09 bits per heavy atom. The van der Waals surface area contributed by atoms with Gasteiger partial charge >= 0.3 is 6.61 Å². The third kappa shape index (κ3) is 7.59. The number of hydrogen-bond acceptors (Lipinski definition) is 6. The first-order chi connectivity index (χ1) is 15.1. The third-order valence-corrected chi connectivity index (χ3v) is 5.65. The van der Waals surface area contributed by atoms with Gasteiger partial charge in [-0.3, -0.25) is 9.59 Å². The van der Waals surface area contributed by atoms with Crippen LogP contribution in [0.2, 0.25) is 0 Å². The van der Waals surface area contributed by atoms with E-state index in [1.807, 2.05) is 0 Å². The molecule has 0 saturated heterocycles. The summed E-state index contributed by atoms with van der Waals surface area (Å²) in [6.07, 6.45) is 0. The first-order valence-corrected chi connectivity index (χ1v) is 10.9. The predicted molar refractivity (Wildman–Crippen MR) is 107 cm³/mol. The van der Waals surface area contributed by atoms with Crippen molar-refractivity contribution >= 4 is 21.7 Å². The smallest absolute Gasteiger partial charge is 0.387 e. The number of amides is 2. The fourth-order valence-corrected chi connectivity index (χ4v) is 4.23. The molecule has 0 unspecified atom stereocenters. The van der Waals surface area contributed by atoms with Gasteiger partial charge < -0.3 is 15.4 Å². The molecule has 0 fully saturated rings. The molecule has 0 aliphatic rings. The fourth-order valence-electron chi connectivity index (χ4n) is 2.66. The minimum atomic E-state index is -4.14. The SMILES string of the molecule is N#CCNC(=O)[C@H](CS(=O)(=O)Cc1ccccc1OC(F)F)NC(=O)c1ccc(F)cc1. The van der Waals surface area contributed by atoms with Gasteiger partial charge in [0.25, 0.3) is 5.91 Å². The van der Waals surface area contributed by atoms with E-state index in [0.717, 1.165) is 24.3 Å². The highest BCUT2D eigenvalue weighted by Gasteiger charge is 2.28. The first kappa shape index (κ1) is 24.7. The number of carbonyl (C=O) groups is 2. The highest BCUT2D eigenvalue weighted by atomic mass is 32.2. The van der Waals surface area contributed by atoms with Crippen molar-refractivity contribution in [1.29, 1.82) is 5.26 Å². The number of nitriles is 1. The quantitative estimate of drug-likeness (QED) is 0.511. The van der Waals surface area contributed by atoms with Crippen molar-refractivity contribution in [3.8, 4) is 11.8 Å². The summed E-state index contributed by atoms with van der Waals surface area (Å²) in [5.41, 5.74) is -0.0913. The number of para-hydroxylation sites is 1. The van der Waals surface area contributed by atoms with Crippen LogP contribution in [-0.2, 0) is 20.4 Å². The molecule has 2 aromatic rings. The molecule has 2 N–H and O–H groups in total. The Morgan fingerprint density at radius 3 is 2.38 bits per heavy atom. The lowest BCUT2D eigenvalue weighted by atomic mass is 10.2. The van der Waals surface area contributed by atoms with E-state index in [0.29, 0.717) is 0 Å². The summed E-state index contributed by atoms with van der Waals surface area (Å²) >= 11 is 0. The Labute approximate surface area is 181 Å². The number of alkyl halides is 2. The number of ether oxygens (including phenoxy) is 1. The molecular weight excluding hydrogens is 451 g/mol. The van der Waals surface area contributed by atoms with Crippen molar-refractivity contribution in [2.75, 3.05) is 12.3 Å². The van der Waals surface area contributed by atoms with Gasteiger partial charge in [0.1, 0.15) is 24.2 Å². The zero-order chi connectivity index (χ0) is 23.7. The molecule has 1 atom stereocenters. The van der Waals surface area contributed by atoms with Gasteiger partial charge in [-0.15, -0.1) is 0 Å². The largest absolute Gasteiger partial charge is 0.435 e. The van der Waals surface area contributed by atoms with Crippen molar-refractivity contribution in [3.63, 3.8) is 0 Å². The van der Waals surface area contributed by atoms with E-state index in [2.05, 4.69) is 15.4 Å². The minimum absolute atomic E-state index is 0.0300. The molecule has 0 spiro atoms. The Hall–Kier alpha value is -3.59. The molecule has 0 aliphatic carbocycles. The predicted octanol–water partition coefficient (Wildman–Crippen LogP) is 1.78. The van der Waals surface area contributed by atoms with Gasteiger partial charge in [0.2, 0.25) is 5.91 Å². The second-order valence-corrected chi connectivity index (χ2v) is 8.56. The molecule has 0 aliphatic heterocycles. The van der Waals surface area contributed by atoms with Crippen molar-refractivity contribution < 1.29 is 35.9 Å². The lowest BCUT2D eigenvalue weighted by molar-refractivity contribution is -0.122. The van der Waals surface area contributed by atoms with Crippen molar-refractivity contribution in [3.05, 3.63) is 65.5 Å². The molecule has 32 heavy (non-hydrogen) atoms. The van der Waals surface area contributed by atoms with E-state index >= 15 is 0 Å². The van der Waals surface area contributed by atoms with Crippen LogP contribution in [0.3, 0.4) is 0 Å². The van der Waals surface area contributed by atoms with Crippen LogP contribution >= 0.6 is 0 Å². The normalized spacial score (nSPS) is 12.0. The number of nitrogens with zero attached hydrogens (tertiary/aromatic N) is 1. The molecule has 0 saturated carbocycles. The Morgan fingerprint density at radius 2 is 1.75 bits per heavy atom. The maximum Gasteiger partial charge on any atom is 0.387 e. The highest BCUT2D eigenvalue weighted by Crippen LogP contribution is 2.23. The maximum atomic E-state index is 13.1. The molecule has 2 rings (SSSR count). The molecule has 12 heteroatoms. The van der Waals surface area contributed by atoms with Gasteiger partial charge in [-0.05, 0) is 30.3 Å². The van der Waals surface area contributed by atoms with E-state index < -0.39 is 58.2 Å². The van der Waals surface area contributed by atoms with Crippen LogP contribution < -0.4 is 15.4 Å². The fraction of sp³-hybridized carbons (Fsp3) is 0.250. The molecule has 0 heterocycles. The lowest BCUT2D eigenvalue weighted by Gasteiger charge is -2.18. The third-order valence-electron chi connectivity index (χ3n) is 4.05. The number of halogens is 3. The molecule has 0 aromatic heterocycles. The van der Waals surface area contributed by atoms with Crippen molar-refractivity contribution in [1.82, 2.24) is 10.6 Å². The summed E-state index contributed by atoms with van der Waals surface area (Å²) in [6, 6.07) is 9.60. The average molecular weight is 469 g/mol. The number of benzene rings is 2. The van der Waals surface area contributed by atoms with Crippen LogP contribution in [0.15, 0.2) is 48.5 Å². The lowest BCUT2D eigenvalue weighted by Crippen LogP contribution is -2.50. The standard InChI is InChI=1S/C20H18F3N3O5S/c21-15-7-5-13(6-8-15)18(27)26-16(19(28)25-10-9-24)12-32(29,30)11-14-3-1-2-4-17(14)31-20(22)23/h1-8,16,20H,10-12H2,(H,25,28)(H,26,27)/t16-/m0/s1. The number of sulfone groups is 1. The van der Waals surface area contributed by atoms with Crippen LogP contribution in [0, 0.1) is 17.1 Å². The summed E-state index contributed by atoms with van der Waals surface area (Å²) in [5, 5.41) is 13.0. The van der Waals surface area contributed by atoms with Crippen molar-refractivity contribution in [2.45, 2.75) is 18.4 Å². The summed E-state index contributed by atoms with van der Waals surface area (Å²) in [7, 11) is -4.14. The summed E-state index contributed by atoms with van der Waals surface area (Å²) in [5.74, 6) is -4.37. The summed E-state index contributed by atoms with van der Waals surface area (Å²) in [6.45, 7) is -3.61. The second-order valence-electron chi connectivity index (χ2n) is 6.45. The van der Waals surface area contributed by atoms with Gasteiger partial charge in [-0.1, -0.05) is 18.2 Å². The van der Waals surface area contributed by atoms with Crippen LogP contribution in [0.5, 0.6) is 5.75 Å². The van der Waals surface area contributed by atoms with Crippen LogP contribution in [0.1, 0.15) is 15.9 Å². The van der Waals surface area contributed by atoms with Gasteiger partial charge in [-0.25, -0.2) is 12.8 Å². The highest BCUT2D eigenvalue weighted by molar-refractivity contribution is 7.90. The minimum Gasteiger partial charge on any atom is -0.435 e. The molecule has 8 nitrogen and oxygen atoms in total. The number of hydrogen-bond donors (Lipinski definition) is 2. The van der Waals surface area contributed by atoms with Gasteiger partial charge in [0.05, 0.1) is 17.6 Å². The van der Waals surface area contributed by atoms with E-state index in [1.54, 1.807) is 6.07 Å². The second kappa shape index (κ2) is 11.1. The summed E-state index contributed by atoms with van der Waals surface area (Å²) in [4.78, 5) is 24.7. The van der Waals surface area contributed by atoms with E-state index in [-0.39, 0.29) is 16.9 Å². The van der Waals surface area contributed by atoms with Crippen LogP contribution in [0.4, 0.5) is 13.2 Å². The Balaban J connectivity index is 2.22. The molecular formula is C20H18F3N3O5S. The number of rotatable bonds is 10. The Kier molecular flexibility index (Phi) is 8.60. The molecule has 170 valence electrons. The maximum absolute atomic E-state index is 13.1. The van der Waals surface area contributed by atoms with Crippen LogP contribution in [-0.4, -0.2) is 45.2 Å². The van der Waals surface area contributed by atoms with E-state index in [1.165, 1.54) is 24.3 Å². The topological polar surface area (TPSA) is 125 Å². The van der Waals surface area contributed by atoms with Crippen LogP contribution in [0.25, 0.3) is 0 Å². The number of nitrogens with one attached hydrogen (secondary N) is 2. The zero-order valence-electron chi connectivity index (χ0n) is 16.4. The average Bonchev–Trinajstić information content (AvgIpc) is 2.72. The van der Waals surface area contributed by atoms with Gasteiger partial charge in [-0.2, -0.15) is 14.0 Å². The number of carbonyl (C=O) groups excluding carboxylic acids is 2. The monoisotopic (exact) mass is 469 g/mol. The molecule has 2 aromatic carbocycles. The molecule has 0 radical (unpaired) electrons. The zero-order valence-corrected chi connectivity index (χ0v) is 17.2. The van der Waals surface area contributed by atoms with Crippen molar-refractivity contribution in [2.24, 2.45) is 0 Å². The van der Waals surface area contributed by atoms with Gasteiger partial charge in [0.15, 0.2) is 9.84 Å². The molecule has 0 bridgehead atoms. The first-order valence-electron chi connectivity index (χ1n) is 9.05. The Bertz CT molecular complexity index is 1100. The van der Waals surface area contributed by atoms with E-state index in [4.69, 9.17) is 5.26 Å². The van der Waals surface area contributed by atoms with E-state index in [9.17, 15) is 31.2 Å². The summed E-state index contributed by atoms with van der Waals surface area (Å²) < 4.78 is 67.9.